The number of carboxylic acid groups (broad SMARTS) is 1. The van der Waals surface area contributed by atoms with E-state index in [0.29, 0.717) is 12.5 Å². The van der Waals surface area contributed by atoms with E-state index in [1.165, 1.54) is 12.5 Å². The van der Waals surface area contributed by atoms with Crippen LogP contribution in [0.25, 0.3) is 0 Å². The molecule has 0 heterocycles. The van der Waals surface area contributed by atoms with Crippen LogP contribution >= 0.6 is 0 Å². The Morgan fingerprint density at radius 3 is 2.26 bits per heavy atom. The maximum atomic E-state index is 11.5. The fourth-order valence-electron chi connectivity index (χ4n) is 1.65. The molecule has 1 aromatic carbocycles. The van der Waals surface area contributed by atoms with Gasteiger partial charge in [-0.1, -0.05) is 38.1 Å². The molecule has 4 nitrogen and oxygen atoms in total. The Morgan fingerprint density at radius 2 is 1.79 bits per heavy atom. The highest BCUT2D eigenvalue weighted by molar-refractivity contribution is 5.96. The van der Waals surface area contributed by atoms with Gasteiger partial charge in [0.1, 0.15) is 5.92 Å². The molecule has 2 N–H and O–H groups in total. The second-order valence-corrected chi connectivity index (χ2v) is 4.83. The molecule has 0 aromatic heterocycles. The Kier molecular flexibility index (Phi) is 5.55. The van der Waals surface area contributed by atoms with E-state index in [9.17, 15) is 9.59 Å². The Bertz CT molecular complexity index is 439. The normalized spacial score (nSPS) is 13.6. The molecule has 19 heavy (non-hydrogen) atoms. The van der Waals surface area contributed by atoms with Crippen LogP contribution in [0.1, 0.15) is 44.2 Å². The van der Waals surface area contributed by atoms with Gasteiger partial charge in [0.15, 0.2) is 0 Å². The van der Waals surface area contributed by atoms with Crippen molar-refractivity contribution in [2.45, 2.75) is 39.7 Å². The summed E-state index contributed by atoms with van der Waals surface area (Å²) in [5, 5.41) is 11.3. The van der Waals surface area contributed by atoms with Gasteiger partial charge in [0, 0.05) is 6.54 Å². The van der Waals surface area contributed by atoms with Crippen LogP contribution in [0.2, 0.25) is 0 Å². The topological polar surface area (TPSA) is 66.4 Å². The van der Waals surface area contributed by atoms with Crippen LogP contribution in [-0.2, 0) is 16.1 Å². The van der Waals surface area contributed by atoms with Crippen molar-refractivity contribution in [3.05, 3.63) is 35.4 Å². The van der Waals surface area contributed by atoms with Gasteiger partial charge >= 0.3 is 5.97 Å². The zero-order valence-corrected chi connectivity index (χ0v) is 11.6. The first-order chi connectivity index (χ1) is 8.95. The summed E-state index contributed by atoms with van der Waals surface area (Å²) >= 11 is 0. The summed E-state index contributed by atoms with van der Waals surface area (Å²) in [6.07, 6.45) is 1.09. The molecule has 0 bridgehead atoms. The van der Waals surface area contributed by atoms with Crippen molar-refractivity contribution >= 4 is 11.9 Å². The highest BCUT2D eigenvalue weighted by Crippen LogP contribution is 2.18. The van der Waals surface area contributed by atoms with Crippen molar-refractivity contribution in [1.82, 2.24) is 5.32 Å². The van der Waals surface area contributed by atoms with E-state index in [-0.39, 0.29) is 0 Å². The maximum Gasteiger partial charge on any atom is 0.315 e. The monoisotopic (exact) mass is 263 g/mol. The predicted molar refractivity (Wildman–Crippen MR) is 73.8 cm³/mol. The third-order valence-corrected chi connectivity index (χ3v) is 3.39. The molecule has 0 aliphatic rings. The molecule has 1 rings (SSSR count). The van der Waals surface area contributed by atoms with Crippen molar-refractivity contribution in [1.29, 1.82) is 0 Å². The van der Waals surface area contributed by atoms with E-state index in [1.807, 2.05) is 12.1 Å². The van der Waals surface area contributed by atoms with Gasteiger partial charge in [-0.2, -0.15) is 0 Å². The maximum absolute atomic E-state index is 11.5. The van der Waals surface area contributed by atoms with Crippen molar-refractivity contribution in [2.24, 2.45) is 5.92 Å². The van der Waals surface area contributed by atoms with E-state index in [2.05, 4.69) is 31.3 Å². The number of benzene rings is 1. The first-order valence-electron chi connectivity index (χ1n) is 6.55. The average Bonchev–Trinajstić information content (AvgIpc) is 2.43. The van der Waals surface area contributed by atoms with Gasteiger partial charge in [-0.3, -0.25) is 9.59 Å². The summed E-state index contributed by atoms with van der Waals surface area (Å²) in [5.41, 5.74) is 2.24. The molecule has 4 heteroatoms. The predicted octanol–water partition coefficient (Wildman–Crippen LogP) is 2.54. The minimum absolute atomic E-state index is 0.358. The Morgan fingerprint density at radius 1 is 1.21 bits per heavy atom. The second-order valence-electron chi connectivity index (χ2n) is 4.83. The zero-order valence-electron chi connectivity index (χ0n) is 11.6. The molecule has 0 saturated heterocycles. The third-order valence-electron chi connectivity index (χ3n) is 3.39. The summed E-state index contributed by atoms with van der Waals surface area (Å²) < 4.78 is 0. The minimum atomic E-state index is -1.11. The summed E-state index contributed by atoms with van der Waals surface area (Å²) in [6, 6.07) is 8.03. The molecular formula is C15H21NO3. The van der Waals surface area contributed by atoms with Crippen molar-refractivity contribution in [3.8, 4) is 0 Å². The molecule has 0 saturated carbocycles. The number of rotatable bonds is 6. The first kappa shape index (κ1) is 15.2. The molecule has 0 fully saturated rings. The number of nitrogens with one attached hydrogen (secondary N) is 1. The van der Waals surface area contributed by atoms with Gasteiger partial charge in [-0.05, 0) is 30.4 Å². The molecular weight excluding hydrogens is 242 g/mol. The number of amides is 1. The lowest BCUT2D eigenvalue weighted by Gasteiger charge is -2.11. The highest BCUT2D eigenvalue weighted by Gasteiger charge is 2.19. The van der Waals surface area contributed by atoms with Gasteiger partial charge < -0.3 is 10.4 Å². The summed E-state index contributed by atoms with van der Waals surface area (Å²) in [6.45, 7) is 6.05. The molecule has 0 aliphatic carbocycles. The first-order valence-corrected chi connectivity index (χ1v) is 6.55. The fourth-order valence-corrected chi connectivity index (χ4v) is 1.65. The Labute approximate surface area is 113 Å². The second kappa shape index (κ2) is 6.92. The molecule has 0 radical (unpaired) electrons. The van der Waals surface area contributed by atoms with E-state index >= 15 is 0 Å². The summed E-state index contributed by atoms with van der Waals surface area (Å²) in [7, 11) is 0. The lowest BCUT2D eigenvalue weighted by atomic mass is 9.98. The van der Waals surface area contributed by atoms with Gasteiger partial charge in [0.25, 0.3) is 0 Å². The van der Waals surface area contributed by atoms with Crippen LogP contribution in [0.4, 0.5) is 0 Å². The molecule has 0 spiro atoms. The third kappa shape index (κ3) is 4.39. The highest BCUT2D eigenvalue weighted by atomic mass is 16.4. The number of carbonyl (C=O) groups excluding carboxylic acids is 1. The van der Waals surface area contributed by atoms with Crippen LogP contribution in [0, 0.1) is 5.92 Å². The smallest absolute Gasteiger partial charge is 0.315 e. The van der Waals surface area contributed by atoms with Crippen molar-refractivity contribution in [2.75, 3.05) is 0 Å². The standard InChI is InChI=1S/C15H21NO3/c1-4-10(2)13-7-5-12(6-8-13)9-16-14(17)11(3)15(18)19/h5-8,10-11H,4,9H2,1-3H3,(H,16,17)(H,18,19). The average molecular weight is 263 g/mol. The van der Waals surface area contributed by atoms with Gasteiger partial charge in [0.05, 0.1) is 0 Å². The fraction of sp³-hybridized carbons (Fsp3) is 0.467. The minimum Gasteiger partial charge on any atom is -0.481 e. The molecule has 0 aliphatic heterocycles. The molecule has 1 amide bonds. The quantitative estimate of drug-likeness (QED) is 0.775. The molecule has 1 aromatic rings. The zero-order chi connectivity index (χ0) is 14.4. The molecule has 104 valence electrons. The summed E-state index contributed by atoms with van der Waals surface area (Å²) in [4.78, 5) is 22.1. The number of carbonyl (C=O) groups is 2. The van der Waals surface area contributed by atoms with Crippen molar-refractivity contribution in [3.63, 3.8) is 0 Å². The molecule has 2 unspecified atom stereocenters. The van der Waals surface area contributed by atoms with Gasteiger partial charge in [-0.25, -0.2) is 0 Å². The van der Waals surface area contributed by atoms with Crippen LogP contribution in [0.5, 0.6) is 0 Å². The lowest BCUT2D eigenvalue weighted by molar-refractivity contribution is -0.146. The number of aliphatic carboxylic acids is 1. The van der Waals surface area contributed by atoms with E-state index < -0.39 is 17.8 Å². The Balaban J connectivity index is 2.55. The number of carboxylic acids is 1. The van der Waals surface area contributed by atoms with E-state index in [4.69, 9.17) is 5.11 Å². The van der Waals surface area contributed by atoms with Crippen LogP contribution in [0.15, 0.2) is 24.3 Å². The number of hydrogen-bond donors (Lipinski definition) is 2. The molecule has 2 atom stereocenters. The SMILES string of the molecule is CCC(C)c1ccc(CNC(=O)C(C)C(=O)O)cc1. The van der Waals surface area contributed by atoms with Crippen molar-refractivity contribution < 1.29 is 14.7 Å². The van der Waals surface area contributed by atoms with Crippen LogP contribution in [0.3, 0.4) is 0 Å². The lowest BCUT2D eigenvalue weighted by Crippen LogP contribution is -2.33. The van der Waals surface area contributed by atoms with Crippen LogP contribution < -0.4 is 5.32 Å². The van der Waals surface area contributed by atoms with E-state index in [0.717, 1.165) is 12.0 Å². The Hall–Kier alpha value is -1.84. The van der Waals surface area contributed by atoms with Gasteiger partial charge in [-0.15, -0.1) is 0 Å². The number of hydrogen-bond acceptors (Lipinski definition) is 2. The summed E-state index contributed by atoms with van der Waals surface area (Å²) in [5.74, 6) is -2.06. The van der Waals surface area contributed by atoms with E-state index in [1.54, 1.807) is 0 Å². The van der Waals surface area contributed by atoms with Crippen LogP contribution in [-0.4, -0.2) is 17.0 Å². The largest absolute Gasteiger partial charge is 0.481 e. The van der Waals surface area contributed by atoms with Gasteiger partial charge in [0.2, 0.25) is 5.91 Å².